The van der Waals surface area contributed by atoms with Crippen LogP contribution in [0.4, 0.5) is 0 Å². The maximum atomic E-state index is 11.0. The predicted molar refractivity (Wildman–Crippen MR) is 57.2 cm³/mol. The third-order valence-electron chi connectivity index (χ3n) is 1.64. The van der Waals surface area contributed by atoms with Crippen LogP contribution in [0.3, 0.4) is 0 Å². The lowest BCUT2D eigenvalue weighted by Gasteiger charge is -1.97. The fourth-order valence-electron chi connectivity index (χ4n) is 1.01. The summed E-state index contributed by atoms with van der Waals surface area (Å²) in [6.45, 7) is 0. The van der Waals surface area contributed by atoms with Gasteiger partial charge in [-0.05, 0) is 12.1 Å². The summed E-state index contributed by atoms with van der Waals surface area (Å²) >= 11 is 5.48. The van der Waals surface area contributed by atoms with Gasteiger partial charge in [0.05, 0.1) is 5.56 Å². The second-order valence-corrected chi connectivity index (χ2v) is 3.03. The van der Waals surface area contributed by atoms with Crippen molar-refractivity contribution in [3.8, 4) is 11.8 Å². The highest BCUT2D eigenvalue weighted by Gasteiger charge is 2.03. The molecular weight excluding hydrogens is 198 g/mol. The van der Waals surface area contributed by atoms with Crippen molar-refractivity contribution < 1.29 is 4.79 Å². The molecule has 0 heterocycles. The van der Waals surface area contributed by atoms with Crippen LogP contribution in [0.15, 0.2) is 24.3 Å². The minimum atomic E-state index is -0.458. The number of hydrogen-bond acceptors (Lipinski definition) is 1. The van der Waals surface area contributed by atoms with Gasteiger partial charge in [0.25, 0.3) is 0 Å². The minimum absolute atomic E-state index is 0.453. The number of alkyl halides is 1. The summed E-state index contributed by atoms with van der Waals surface area (Å²) in [7, 11) is 0. The molecule has 1 rings (SSSR count). The van der Waals surface area contributed by atoms with E-state index in [1.807, 2.05) is 6.07 Å². The van der Waals surface area contributed by atoms with E-state index < -0.39 is 5.91 Å². The van der Waals surface area contributed by atoms with Crippen LogP contribution in [0.5, 0.6) is 0 Å². The monoisotopic (exact) mass is 207 g/mol. The number of hydrogen-bond donors (Lipinski definition) is 1. The summed E-state index contributed by atoms with van der Waals surface area (Å²) in [5.74, 6) is 5.75. The topological polar surface area (TPSA) is 43.1 Å². The lowest BCUT2D eigenvalue weighted by Crippen LogP contribution is -2.12. The number of carbonyl (C=O) groups is 1. The number of benzene rings is 1. The van der Waals surface area contributed by atoms with E-state index in [0.29, 0.717) is 23.4 Å². The molecule has 0 aliphatic rings. The molecule has 3 heteroatoms. The molecule has 72 valence electrons. The lowest BCUT2D eigenvalue weighted by atomic mass is 10.1. The van der Waals surface area contributed by atoms with Gasteiger partial charge in [0.1, 0.15) is 0 Å². The third-order valence-corrected chi connectivity index (χ3v) is 1.82. The van der Waals surface area contributed by atoms with E-state index in [9.17, 15) is 4.79 Å². The number of primary amides is 1. The van der Waals surface area contributed by atoms with Crippen LogP contribution >= 0.6 is 11.6 Å². The molecule has 0 aliphatic carbocycles. The van der Waals surface area contributed by atoms with E-state index in [1.165, 1.54) is 0 Å². The molecule has 0 fully saturated rings. The van der Waals surface area contributed by atoms with Gasteiger partial charge in [-0.15, -0.1) is 11.6 Å². The van der Waals surface area contributed by atoms with Gasteiger partial charge in [0.2, 0.25) is 5.91 Å². The molecule has 0 bridgehead atoms. The van der Waals surface area contributed by atoms with Crippen molar-refractivity contribution in [2.75, 3.05) is 5.88 Å². The van der Waals surface area contributed by atoms with Crippen LogP contribution in [-0.4, -0.2) is 11.8 Å². The molecule has 1 aromatic rings. The van der Waals surface area contributed by atoms with Gasteiger partial charge in [0.15, 0.2) is 0 Å². The smallest absolute Gasteiger partial charge is 0.249 e. The van der Waals surface area contributed by atoms with Crippen LogP contribution in [0, 0.1) is 11.8 Å². The minimum Gasteiger partial charge on any atom is -0.366 e. The van der Waals surface area contributed by atoms with E-state index in [-0.39, 0.29) is 0 Å². The molecule has 0 unspecified atom stereocenters. The average molecular weight is 208 g/mol. The zero-order valence-corrected chi connectivity index (χ0v) is 8.34. The van der Waals surface area contributed by atoms with Crippen molar-refractivity contribution in [1.29, 1.82) is 0 Å². The highest BCUT2D eigenvalue weighted by molar-refractivity contribution is 6.18. The van der Waals surface area contributed by atoms with E-state index in [4.69, 9.17) is 17.3 Å². The molecule has 0 aliphatic heterocycles. The first kappa shape index (κ1) is 10.6. The highest BCUT2D eigenvalue weighted by Crippen LogP contribution is 2.05. The summed E-state index contributed by atoms with van der Waals surface area (Å²) in [6.07, 6.45) is 0.606. The second-order valence-electron chi connectivity index (χ2n) is 2.65. The highest BCUT2D eigenvalue weighted by atomic mass is 35.5. The standard InChI is InChI=1S/C11H10ClNO/c12-8-4-3-6-9-5-1-2-7-10(9)11(13)14/h1-2,5,7H,4,8H2,(H2,13,14). The summed E-state index contributed by atoms with van der Waals surface area (Å²) in [5.41, 5.74) is 6.30. The average Bonchev–Trinajstić information content (AvgIpc) is 2.19. The first-order valence-electron chi connectivity index (χ1n) is 4.19. The zero-order valence-electron chi connectivity index (χ0n) is 7.59. The fraction of sp³-hybridized carbons (Fsp3) is 0.182. The zero-order chi connectivity index (χ0) is 10.4. The number of nitrogens with two attached hydrogens (primary N) is 1. The maximum Gasteiger partial charge on any atom is 0.249 e. The molecule has 14 heavy (non-hydrogen) atoms. The molecule has 0 spiro atoms. The van der Waals surface area contributed by atoms with Gasteiger partial charge in [0, 0.05) is 17.9 Å². The third kappa shape index (κ3) is 2.79. The number of halogens is 1. The number of amides is 1. The largest absolute Gasteiger partial charge is 0.366 e. The van der Waals surface area contributed by atoms with Crippen molar-refractivity contribution in [2.24, 2.45) is 5.73 Å². The van der Waals surface area contributed by atoms with E-state index >= 15 is 0 Å². The molecule has 2 nitrogen and oxygen atoms in total. The number of carbonyl (C=O) groups excluding carboxylic acids is 1. The van der Waals surface area contributed by atoms with Crippen molar-refractivity contribution in [2.45, 2.75) is 6.42 Å². The van der Waals surface area contributed by atoms with Gasteiger partial charge >= 0.3 is 0 Å². The molecule has 0 saturated carbocycles. The van der Waals surface area contributed by atoms with E-state index in [1.54, 1.807) is 18.2 Å². The lowest BCUT2D eigenvalue weighted by molar-refractivity contribution is 0.1000. The molecule has 0 radical (unpaired) electrons. The SMILES string of the molecule is NC(=O)c1ccccc1C#CCCCl. The Morgan fingerprint density at radius 3 is 2.79 bits per heavy atom. The molecule has 1 amide bonds. The summed E-state index contributed by atoms with van der Waals surface area (Å²) in [5, 5.41) is 0. The summed E-state index contributed by atoms with van der Waals surface area (Å²) in [6, 6.07) is 7.00. The Balaban J connectivity index is 2.97. The molecule has 1 aromatic carbocycles. The molecule has 0 saturated heterocycles. The first-order valence-corrected chi connectivity index (χ1v) is 4.73. The maximum absolute atomic E-state index is 11.0. The van der Waals surface area contributed by atoms with E-state index in [0.717, 1.165) is 0 Å². The molecule has 0 atom stereocenters. The Morgan fingerprint density at radius 1 is 1.43 bits per heavy atom. The van der Waals surface area contributed by atoms with Gasteiger partial charge in [-0.3, -0.25) is 4.79 Å². The second kappa shape index (κ2) is 5.31. The Kier molecular flexibility index (Phi) is 4.03. The van der Waals surface area contributed by atoms with Gasteiger partial charge in [-0.2, -0.15) is 0 Å². The molecular formula is C11H10ClNO. The van der Waals surface area contributed by atoms with Crippen LogP contribution in [0.25, 0.3) is 0 Å². The first-order chi connectivity index (χ1) is 6.75. The Morgan fingerprint density at radius 2 is 2.14 bits per heavy atom. The Labute approximate surface area is 88.1 Å². The van der Waals surface area contributed by atoms with E-state index in [2.05, 4.69) is 11.8 Å². The van der Waals surface area contributed by atoms with Crippen molar-refractivity contribution in [3.05, 3.63) is 35.4 Å². The summed E-state index contributed by atoms with van der Waals surface area (Å²) in [4.78, 5) is 11.0. The number of rotatable bonds is 2. The predicted octanol–water partition coefficient (Wildman–Crippen LogP) is 1.77. The fourth-order valence-corrected chi connectivity index (χ4v) is 1.11. The van der Waals surface area contributed by atoms with Crippen LogP contribution in [-0.2, 0) is 0 Å². The van der Waals surface area contributed by atoms with Gasteiger partial charge in [-0.25, -0.2) is 0 Å². The summed E-state index contributed by atoms with van der Waals surface area (Å²) < 4.78 is 0. The van der Waals surface area contributed by atoms with Crippen molar-refractivity contribution in [1.82, 2.24) is 0 Å². The van der Waals surface area contributed by atoms with Crippen molar-refractivity contribution in [3.63, 3.8) is 0 Å². The van der Waals surface area contributed by atoms with Crippen LogP contribution in [0.2, 0.25) is 0 Å². The van der Waals surface area contributed by atoms with Crippen LogP contribution < -0.4 is 5.73 Å². The molecule has 2 N–H and O–H groups in total. The van der Waals surface area contributed by atoms with Gasteiger partial charge in [-0.1, -0.05) is 24.0 Å². The Hall–Kier alpha value is -1.46. The normalized spacial score (nSPS) is 8.93. The Bertz CT molecular complexity index is 390. The molecule has 0 aromatic heterocycles. The van der Waals surface area contributed by atoms with Crippen molar-refractivity contribution >= 4 is 17.5 Å². The van der Waals surface area contributed by atoms with Crippen LogP contribution in [0.1, 0.15) is 22.3 Å². The van der Waals surface area contributed by atoms with Gasteiger partial charge < -0.3 is 5.73 Å². The quantitative estimate of drug-likeness (QED) is 0.583.